The Morgan fingerprint density at radius 2 is 2.06 bits per heavy atom. The maximum Gasteiger partial charge on any atom is 0.164 e. The minimum atomic E-state index is 0.169. The fraction of sp³-hybridized carbons (Fsp3) is 0.500. The second kappa shape index (κ2) is 7.46. The van der Waals surface area contributed by atoms with Crippen molar-refractivity contribution in [3.63, 3.8) is 0 Å². The molecule has 0 aliphatic rings. The van der Waals surface area contributed by atoms with Crippen LogP contribution >= 0.6 is 11.6 Å². The fourth-order valence-corrected chi connectivity index (χ4v) is 2.00. The third kappa shape index (κ3) is 4.88. The van der Waals surface area contributed by atoms with Gasteiger partial charge in [-0.25, -0.2) is 0 Å². The number of nitrogens with zero attached hydrogens (tertiary/aromatic N) is 1. The predicted molar refractivity (Wildman–Crippen MR) is 72.8 cm³/mol. The molecule has 0 fully saturated rings. The summed E-state index contributed by atoms with van der Waals surface area (Å²) in [5, 5.41) is 0.622. The summed E-state index contributed by atoms with van der Waals surface area (Å²) in [7, 11) is 0. The van der Waals surface area contributed by atoms with E-state index in [4.69, 9.17) is 11.6 Å². The molecule has 0 spiro atoms. The lowest BCUT2D eigenvalue weighted by atomic mass is 10.1. The van der Waals surface area contributed by atoms with Crippen LogP contribution in [0.4, 0.5) is 0 Å². The van der Waals surface area contributed by atoms with Gasteiger partial charge in [-0.15, -0.1) is 0 Å². The summed E-state index contributed by atoms with van der Waals surface area (Å²) < 4.78 is 0. The SMILES string of the molecule is CCCN(CC)CCC(=O)c1cccc(Cl)c1. The highest BCUT2D eigenvalue weighted by atomic mass is 35.5. The molecule has 0 N–H and O–H groups in total. The van der Waals surface area contributed by atoms with Gasteiger partial charge in [0.15, 0.2) is 5.78 Å². The zero-order chi connectivity index (χ0) is 12.7. The molecule has 1 aromatic rings. The van der Waals surface area contributed by atoms with Crippen LogP contribution in [0, 0.1) is 0 Å². The second-order valence-corrected chi connectivity index (χ2v) is 4.55. The number of carbonyl (C=O) groups excluding carboxylic acids is 1. The van der Waals surface area contributed by atoms with E-state index in [1.165, 1.54) is 0 Å². The van der Waals surface area contributed by atoms with Crippen LogP contribution in [0.5, 0.6) is 0 Å². The number of benzene rings is 1. The van der Waals surface area contributed by atoms with Gasteiger partial charge >= 0.3 is 0 Å². The van der Waals surface area contributed by atoms with Crippen molar-refractivity contribution >= 4 is 17.4 Å². The zero-order valence-corrected chi connectivity index (χ0v) is 11.3. The Morgan fingerprint density at radius 3 is 2.65 bits per heavy atom. The molecule has 0 aromatic heterocycles. The Bertz CT molecular complexity index is 365. The van der Waals surface area contributed by atoms with Crippen LogP contribution in [0.15, 0.2) is 24.3 Å². The quantitative estimate of drug-likeness (QED) is 0.692. The summed E-state index contributed by atoms with van der Waals surface area (Å²) in [6, 6.07) is 7.16. The molecule has 1 aromatic carbocycles. The molecule has 1 rings (SSSR count). The molecular formula is C14H20ClNO. The number of carbonyl (C=O) groups is 1. The average Bonchev–Trinajstić information content (AvgIpc) is 2.34. The van der Waals surface area contributed by atoms with E-state index in [2.05, 4.69) is 18.7 Å². The normalized spacial score (nSPS) is 10.8. The molecule has 0 radical (unpaired) electrons. The van der Waals surface area contributed by atoms with Crippen molar-refractivity contribution in [3.8, 4) is 0 Å². The molecule has 0 unspecified atom stereocenters. The molecule has 0 aliphatic carbocycles. The molecule has 0 amide bonds. The van der Waals surface area contributed by atoms with Gasteiger partial charge in [0.1, 0.15) is 0 Å². The first-order valence-electron chi connectivity index (χ1n) is 6.18. The molecule has 0 saturated carbocycles. The average molecular weight is 254 g/mol. The summed E-state index contributed by atoms with van der Waals surface area (Å²) in [5.74, 6) is 0.169. The Labute approximate surface area is 109 Å². The van der Waals surface area contributed by atoms with Crippen LogP contribution in [0.3, 0.4) is 0 Å². The van der Waals surface area contributed by atoms with Crippen LogP contribution in [-0.2, 0) is 0 Å². The largest absolute Gasteiger partial charge is 0.303 e. The Hall–Kier alpha value is -0.860. The molecule has 94 valence electrons. The highest BCUT2D eigenvalue weighted by molar-refractivity contribution is 6.31. The maximum absolute atomic E-state index is 11.9. The van der Waals surface area contributed by atoms with Gasteiger partial charge in [-0.3, -0.25) is 4.79 Å². The molecule has 2 nitrogen and oxygen atoms in total. The topological polar surface area (TPSA) is 20.3 Å². The molecule has 0 aliphatic heterocycles. The Morgan fingerprint density at radius 1 is 1.29 bits per heavy atom. The monoisotopic (exact) mass is 253 g/mol. The number of hydrogen-bond acceptors (Lipinski definition) is 2. The van der Waals surface area contributed by atoms with Gasteiger partial charge in [-0.05, 0) is 31.6 Å². The van der Waals surface area contributed by atoms with E-state index in [9.17, 15) is 4.79 Å². The van der Waals surface area contributed by atoms with Crippen molar-refractivity contribution in [2.45, 2.75) is 26.7 Å². The zero-order valence-electron chi connectivity index (χ0n) is 10.6. The van der Waals surface area contributed by atoms with E-state index in [1.807, 2.05) is 12.1 Å². The van der Waals surface area contributed by atoms with Crippen molar-refractivity contribution in [1.82, 2.24) is 4.90 Å². The van der Waals surface area contributed by atoms with Gasteiger partial charge in [0.2, 0.25) is 0 Å². The van der Waals surface area contributed by atoms with Crippen LogP contribution in [0.25, 0.3) is 0 Å². The van der Waals surface area contributed by atoms with E-state index in [0.717, 1.165) is 26.1 Å². The number of halogens is 1. The smallest absolute Gasteiger partial charge is 0.164 e. The number of ketones is 1. The van der Waals surface area contributed by atoms with Gasteiger partial charge in [-0.1, -0.05) is 37.6 Å². The molecule has 17 heavy (non-hydrogen) atoms. The Kier molecular flexibility index (Phi) is 6.23. The van der Waals surface area contributed by atoms with E-state index in [-0.39, 0.29) is 5.78 Å². The second-order valence-electron chi connectivity index (χ2n) is 4.12. The first-order chi connectivity index (χ1) is 8.17. The van der Waals surface area contributed by atoms with E-state index >= 15 is 0 Å². The van der Waals surface area contributed by atoms with Crippen LogP contribution in [-0.4, -0.2) is 30.3 Å². The number of hydrogen-bond donors (Lipinski definition) is 0. The van der Waals surface area contributed by atoms with Crippen molar-refractivity contribution in [1.29, 1.82) is 0 Å². The van der Waals surface area contributed by atoms with E-state index in [0.29, 0.717) is 17.0 Å². The first-order valence-corrected chi connectivity index (χ1v) is 6.56. The van der Waals surface area contributed by atoms with Gasteiger partial charge in [0.05, 0.1) is 0 Å². The molecule has 0 atom stereocenters. The van der Waals surface area contributed by atoms with Gasteiger partial charge in [0.25, 0.3) is 0 Å². The lowest BCUT2D eigenvalue weighted by Gasteiger charge is -2.18. The van der Waals surface area contributed by atoms with E-state index in [1.54, 1.807) is 12.1 Å². The molecular weight excluding hydrogens is 234 g/mol. The number of Topliss-reactive ketones (excluding diaryl/α,β-unsaturated/α-hetero) is 1. The fourth-order valence-electron chi connectivity index (χ4n) is 1.81. The number of rotatable bonds is 7. The molecule has 3 heteroatoms. The van der Waals surface area contributed by atoms with Crippen molar-refractivity contribution < 1.29 is 4.79 Å². The summed E-state index contributed by atoms with van der Waals surface area (Å²) in [4.78, 5) is 14.2. The lowest BCUT2D eigenvalue weighted by molar-refractivity contribution is 0.0965. The Balaban J connectivity index is 2.49. The van der Waals surface area contributed by atoms with Crippen LogP contribution in [0.2, 0.25) is 5.02 Å². The highest BCUT2D eigenvalue weighted by Crippen LogP contribution is 2.12. The molecule has 0 heterocycles. The van der Waals surface area contributed by atoms with Crippen LogP contribution in [0.1, 0.15) is 37.0 Å². The minimum absolute atomic E-state index is 0.169. The third-order valence-electron chi connectivity index (χ3n) is 2.79. The third-order valence-corrected chi connectivity index (χ3v) is 3.02. The van der Waals surface area contributed by atoms with Crippen molar-refractivity contribution in [3.05, 3.63) is 34.9 Å². The summed E-state index contributed by atoms with van der Waals surface area (Å²) in [5.41, 5.74) is 0.713. The first kappa shape index (κ1) is 14.2. The predicted octanol–water partition coefficient (Wildman–Crippen LogP) is 3.64. The van der Waals surface area contributed by atoms with E-state index < -0.39 is 0 Å². The van der Waals surface area contributed by atoms with Gasteiger partial charge in [-0.2, -0.15) is 0 Å². The van der Waals surface area contributed by atoms with Gasteiger partial charge < -0.3 is 4.90 Å². The van der Waals surface area contributed by atoms with Crippen molar-refractivity contribution in [2.75, 3.05) is 19.6 Å². The summed E-state index contributed by atoms with van der Waals surface area (Å²) >= 11 is 5.87. The lowest BCUT2D eigenvalue weighted by Crippen LogP contribution is -2.26. The summed E-state index contributed by atoms with van der Waals surface area (Å²) in [6.45, 7) is 7.16. The van der Waals surface area contributed by atoms with Crippen LogP contribution < -0.4 is 0 Å². The maximum atomic E-state index is 11.9. The minimum Gasteiger partial charge on any atom is -0.303 e. The molecule has 0 bridgehead atoms. The molecule has 0 saturated heterocycles. The summed E-state index contributed by atoms with van der Waals surface area (Å²) in [6.07, 6.45) is 1.69. The van der Waals surface area contributed by atoms with Crippen molar-refractivity contribution in [2.24, 2.45) is 0 Å². The highest BCUT2D eigenvalue weighted by Gasteiger charge is 2.08. The van der Waals surface area contributed by atoms with Gasteiger partial charge in [0, 0.05) is 23.6 Å². The standard InChI is InChI=1S/C14H20ClNO/c1-3-9-16(4-2)10-8-14(17)12-6-5-7-13(15)11-12/h5-7,11H,3-4,8-10H2,1-2H3.